The molecule has 11 heteroatoms. The van der Waals surface area contributed by atoms with Gasteiger partial charge >= 0.3 is 11.7 Å². The lowest BCUT2D eigenvalue weighted by Gasteiger charge is -2.22. The number of pyridine rings is 1. The van der Waals surface area contributed by atoms with E-state index in [2.05, 4.69) is 25.5 Å². The molecule has 0 radical (unpaired) electrons. The van der Waals surface area contributed by atoms with Crippen molar-refractivity contribution in [3.8, 4) is 17.1 Å². The first-order valence-electron chi connectivity index (χ1n) is 10.1. The second kappa shape index (κ2) is 9.69. The molecule has 0 aromatic carbocycles. The Morgan fingerprint density at radius 1 is 1.25 bits per heavy atom. The van der Waals surface area contributed by atoms with Crippen LogP contribution in [0.25, 0.3) is 22.3 Å². The largest absolute Gasteiger partial charge is 0.481 e. The minimum absolute atomic E-state index is 0.0510. The number of aliphatic carboxylic acids is 1. The Kier molecular flexibility index (Phi) is 6.98. The summed E-state index contributed by atoms with van der Waals surface area (Å²) in [5, 5.41) is 20.8. The lowest BCUT2D eigenvalue weighted by molar-refractivity contribution is -0.141. The molecule has 0 aliphatic heterocycles. The Hall–Kier alpha value is -3.60. The molecule has 32 heavy (non-hydrogen) atoms. The zero-order valence-electron chi connectivity index (χ0n) is 18.5. The molecule has 0 atom stereocenters. The second-order valence-corrected chi connectivity index (χ2v) is 7.61. The van der Waals surface area contributed by atoms with Crippen LogP contribution in [0.2, 0.25) is 0 Å². The van der Waals surface area contributed by atoms with E-state index in [-0.39, 0.29) is 17.9 Å². The molecule has 2 N–H and O–H groups in total. The van der Waals surface area contributed by atoms with Gasteiger partial charge in [0, 0.05) is 24.4 Å². The number of hydrogen-bond donors (Lipinski definition) is 2. The van der Waals surface area contributed by atoms with Crippen molar-refractivity contribution in [1.82, 2.24) is 24.7 Å². The van der Waals surface area contributed by atoms with Gasteiger partial charge < -0.3 is 19.9 Å². The number of carboxylic acid groups (broad SMARTS) is 1. The van der Waals surface area contributed by atoms with E-state index in [0.29, 0.717) is 35.9 Å². The second-order valence-electron chi connectivity index (χ2n) is 7.61. The number of ether oxygens (including phenoxy) is 2. The third-order valence-electron chi connectivity index (χ3n) is 4.74. The normalized spacial score (nSPS) is 11.5. The Balaban J connectivity index is 2.12. The topological polar surface area (TPSA) is 141 Å². The van der Waals surface area contributed by atoms with E-state index >= 15 is 0 Å². The van der Waals surface area contributed by atoms with Crippen molar-refractivity contribution in [3.05, 3.63) is 34.9 Å². The van der Waals surface area contributed by atoms with Crippen molar-refractivity contribution in [3.63, 3.8) is 0 Å². The Bertz CT molecular complexity index is 1160. The Morgan fingerprint density at radius 3 is 2.66 bits per heavy atom. The molecule has 0 spiro atoms. The molecule has 0 bridgehead atoms. The van der Waals surface area contributed by atoms with Crippen LogP contribution in [0.3, 0.4) is 0 Å². The highest BCUT2D eigenvalue weighted by Crippen LogP contribution is 2.25. The van der Waals surface area contributed by atoms with Crippen LogP contribution in [0.1, 0.15) is 27.2 Å². The monoisotopic (exact) mass is 442 g/mol. The van der Waals surface area contributed by atoms with Crippen LogP contribution >= 0.6 is 0 Å². The van der Waals surface area contributed by atoms with Crippen molar-refractivity contribution in [2.75, 3.05) is 25.6 Å². The molecule has 0 fully saturated rings. The molecule has 0 aliphatic rings. The zero-order valence-corrected chi connectivity index (χ0v) is 18.5. The van der Waals surface area contributed by atoms with Crippen molar-refractivity contribution in [2.45, 2.75) is 39.3 Å². The van der Waals surface area contributed by atoms with Crippen LogP contribution in [0.4, 0.5) is 5.82 Å². The molecule has 0 saturated heterocycles. The van der Waals surface area contributed by atoms with Gasteiger partial charge in [0.2, 0.25) is 5.88 Å². The maximum Gasteiger partial charge on any atom is 0.350 e. The molecule has 3 heterocycles. The first kappa shape index (κ1) is 23.1. The number of hydrogen-bond acceptors (Lipinski definition) is 9. The number of nitrogens with one attached hydrogen (secondary N) is 1. The van der Waals surface area contributed by atoms with Crippen molar-refractivity contribution in [1.29, 1.82) is 0 Å². The van der Waals surface area contributed by atoms with E-state index in [4.69, 9.17) is 9.47 Å². The molecular weight excluding hydrogens is 416 g/mol. The summed E-state index contributed by atoms with van der Waals surface area (Å²) in [7, 11) is 1.53. The highest BCUT2D eigenvalue weighted by molar-refractivity contribution is 5.90. The molecule has 0 aliphatic carbocycles. The smallest absolute Gasteiger partial charge is 0.350 e. The average Bonchev–Trinajstić information content (AvgIpc) is 2.77. The van der Waals surface area contributed by atoms with Gasteiger partial charge in [0.25, 0.3) is 0 Å². The van der Waals surface area contributed by atoms with Gasteiger partial charge in [-0.2, -0.15) is 4.98 Å². The van der Waals surface area contributed by atoms with Crippen LogP contribution < -0.4 is 15.7 Å². The zero-order chi connectivity index (χ0) is 23.3. The van der Waals surface area contributed by atoms with Gasteiger partial charge in [-0.25, -0.2) is 14.6 Å². The lowest BCUT2D eigenvalue weighted by atomic mass is 10.1. The number of carboxylic acids is 1. The molecule has 0 unspecified atom stereocenters. The number of fused-ring (bicyclic) bond motifs is 1. The summed E-state index contributed by atoms with van der Waals surface area (Å²) >= 11 is 0. The molecule has 3 rings (SSSR count). The maximum atomic E-state index is 12.8. The summed E-state index contributed by atoms with van der Waals surface area (Å²) in [6.07, 6.45) is 2.45. The minimum Gasteiger partial charge on any atom is -0.481 e. The third kappa shape index (κ3) is 4.99. The number of anilines is 1. The average molecular weight is 442 g/mol. The van der Waals surface area contributed by atoms with Crippen LogP contribution in [-0.4, -0.2) is 61.7 Å². The van der Waals surface area contributed by atoms with Gasteiger partial charge in [-0.3, -0.25) is 4.57 Å². The number of aromatic nitrogens is 5. The number of carbonyl (C=O) groups is 1. The third-order valence-corrected chi connectivity index (χ3v) is 4.74. The van der Waals surface area contributed by atoms with Gasteiger partial charge in [-0.1, -0.05) is 6.92 Å². The number of methoxy groups -OCH3 is 1. The Morgan fingerprint density at radius 2 is 2.03 bits per heavy atom. The van der Waals surface area contributed by atoms with Gasteiger partial charge in [0.15, 0.2) is 11.3 Å². The highest BCUT2D eigenvalue weighted by Gasteiger charge is 2.29. The van der Waals surface area contributed by atoms with E-state index in [1.54, 1.807) is 24.4 Å². The van der Waals surface area contributed by atoms with Gasteiger partial charge in [-0.05, 0) is 32.4 Å². The fraction of sp³-hybridized carbons (Fsp3) is 0.429. The first-order valence-corrected chi connectivity index (χ1v) is 10.1. The van der Waals surface area contributed by atoms with Crippen LogP contribution in [0, 0.1) is 0 Å². The fourth-order valence-electron chi connectivity index (χ4n) is 2.92. The van der Waals surface area contributed by atoms with Gasteiger partial charge in [0.1, 0.15) is 5.54 Å². The number of nitrogens with zero attached hydrogens (tertiary/aromatic N) is 5. The van der Waals surface area contributed by atoms with E-state index < -0.39 is 17.2 Å². The lowest BCUT2D eigenvalue weighted by Crippen LogP contribution is -2.41. The van der Waals surface area contributed by atoms with E-state index in [9.17, 15) is 14.7 Å². The summed E-state index contributed by atoms with van der Waals surface area (Å²) in [4.78, 5) is 32.6. The molecule has 3 aromatic rings. The summed E-state index contributed by atoms with van der Waals surface area (Å²) in [5.41, 5.74) is -0.0193. The van der Waals surface area contributed by atoms with Crippen LogP contribution in [0.15, 0.2) is 29.2 Å². The molecule has 3 aromatic heterocycles. The summed E-state index contributed by atoms with van der Waals surface area (Å²) in [5.74, 6) is -0.590. The number of rotatable bonds is 10. The van der Waals surface area contributed by atoms with Gasteiger partial charge in [-0.15, -0.1) is 10.2 Å². The molecule has 0 amide bonds. The first-order chi connectivity index (χ1) is 15.3. The van der Waals surface area contributed by atoms with Crippen LogP contribution in [-0.2, 0) is 16.1 Å². The molecule has 170 valence electrons. The van der Waals surface area contributed by atoms with E-state index in [1.165, 1.54) is 25.5 Å². The van der Waals surface area contributed by atoms with Crippen LogP contribution in [0.5, 0.6) is 5.88 Å². The molecular formula is C21H26N6O5. The fourth-order valence-corrected chi connectivity index (χ4v) is 2.92. The highest BCUT2D eigenvalue weighted by atomic mass is 16.5. The Labute approximate surface area is 184 Å². The summed E-state index contributed by atoms with van der Waals surface area (Å²) in [6.45, 7) is 6.10. The predicted octanol–water partition coefficient (Wildman–Crippen LogP) is 1.96. The quantitative estimate of drug-likeness (QED) is 0.447. The summed E-state index contributed by atoms with van der Waals surface area (Å²) in [6, 6.07) is 5.18. The standard InChI is InChI=1S/C21H26N6O5/c1-5-9-32-10-8-27-15-11-14(13-6-7-16(31-4)22-12-13)25-26-17(15)18(23-20(27)30)24-21(2,3)19(28)29/h6-7,11-12H,5,8-10H2,1-4H3,(H,28,29)(H,23,24,30). The molecule has 11 nitrogen and oxygen atoms in total. The summed E-state index contributed by atoms with van der Waals surface area (Å²) < 4.78 is 12.1. The van der Waals surface area contributed by atoms with Crippen molar-refractivity contribution in [2.24, 2.45) is 0 Å². The predicted molar refractivity (Wildman–Crippen MR) is 118 cm³/mol. The SMILES string of the molecule is CCCOCCn1c(=O)nc(NC(C)(C)C(=O)O)c2nnc(-c3ccc(OC)nc3)cc21. The maximum absolute atomic E-state index is 12.8. The molecule has 0 saturated carbocycles. The van der Waals surface area contributed by atoms with E-state index in [0.717, 1.165) is 6.42 Å². The minimum atomic E-state index is -1.37. The van der Waals surface area contributed by atoms with E-state index in [1.807, 2.05) is 6.92 Å². The van der Waals surface area contributed by atoms with Gasteiger partial charge in [0.05, 0.1) is 31.5 Å². The van der Waals surface area contributed by atoms with Crippen molar-refractivity contribution >= 4 is 22.8 Å². The van der Waals surface area contributed by atoms with Crippen molar-refractivity contribution < 1.29 is 19.4 Å².